The molecule has 6 heteroatoms. The Morgan fingerprint density at radius 2 is 2.31 bits per heavy atom. The number of aromatic nitrogens is 4. The largest absolute Gasteiger partial charge is 0.316 e. The Labute approximate surface area is 97.9 Å². The molecule has 16 heavy (non-hydrogen) atoms. The van der Waals surface area contributed by atoms with Gasteiger partial charge in [-0.05, 0) is 19.0 Å². The Balaban J connectivity index is 1.94. The first kappa shape index (κ1) is 10.2. The standard InChI is InChI=1S/C10H15N5S/c1-3-8-12-13-10-15(8)14-9(16-10)6(2)7-4-11-5-7/h6-7,11H,3-5H2,1-2H3. The molecule has 1 N–H and O–H groups in total. The van der Waals surface area contributed by atoms with Gasteiger partial charge in [0.15, 0.2) is 5.82 Å². The lowest BCUT2D eigenvalue weighted by molar-refractivity contribution is 0.301. The van der Waals surface area contributed by atoms with Crippen LogP contribution in [-0.4, -0.2) is 32.9 Å². The second-order valence-electron chi connectivity index (χ2n) is 4.31. The van der Waals surface area contributed by atoms with Crippen LogP contribution in [0.2, 0.25) is 0 Å². The molecule has 0 radical (unpaired) electrons. The molecule has 1 saturated heterocycles. The van der Waals surface area contributed by atoms with Crippen molar-refractivity contribution in [2.24, 2.45) is 5.92 Å². The molecule has 1 aliphatic heterocycles. The Morgan fingerprint density at radius 3 is 2.94 bits per heavy atom. The quantitative estimate of drug-likeness (QED) is 0.867. The summed E-state index contributed by atoms with van der Waals surface area (Å²) in [6.45, 7) is 6.56. The van der Waals surface area contributed by atoms with Gasteiger partial charge < -0.3 is 5.32 Å². The van der Waals surface area contributed by atoms with E-state index < -0.39 is 0 Å². The number of hydrogen-bond acceptors (Lipinski definition) is 5. The molecule has 1 unspecified atom stereocenters. The highest BCUT2D eigenvalue weighted by Crippen LogP contribution is 2.30. The second kappa shape index (κ2) is 3.78. The highest BCUT2D eigenvalue weighted by Gasteiger charge is 2.27. The molecule has 0 saturated carbocycles. The van der Waals surface area contributed by atoms with Crippen molar-refractivity contribution < 1.29 is 0 Å². The summed E-state index contributed by atoms with van der Waals surface area (Å²) in [5.41, 5.74) is 0. The Morgan fingerprint density at radius 1 is 1.50 bits per heavy atom. The third-order valence-corrected chi connectivity index (χ3v) is 4.40. The van der Waals surface area contributed by atoms with Crippen LogP contribution >= 0.6 is 11.3 Å². The molecule has 0 aromatic carbocycles. The van der Waals surface area contributed by atoms with E-state index in [2.05, 4.69) is 34.5 Å². The van der Waals surface area contributed by atoms with E-state index in [4.69, 9.17) is 0 Å². The van der Waals surface area contributed by atoms with E-state index in [-0.39, 0.29) is 0 Å². The van der Waals surface area contributed by atoms with E-state index in [9.17, 15) is 0 Å². The number of rotatable bonds is 3. The van der Waals surface area contributed by atoms with Crippen molar-refractivity contribution in [3.05, 3.63) is 10.8 Å². The van der Waals surface area contributed by atoms with Gasteiger partial charge in [0.1, 0.15) is 5.01 Å². The van der Waals surface area contributed by atoms with Crippen LogP contribution < -0.4 is 5.32 Å². The Kier molecular flexibility index (Phi) is 2.40. The molecule has 1 atom stereocenters. The lowest BCUT2D eigenvalue weighted by Gasteiger charge is -2.31. The number of nitrogens with one attached hydrogen (secondary N) is 1. The van der Waals surface area contributed by atoms with E-state index in [1.165, 1.54) is 5.01 Å². The molecule has 3 rings (SSSR count). The van der Waals surface area contributed by atoms with Crippen molar-refractivity contribution in [3.63, 3.8) is 0 Å². The average molecular weight is 237 g/mol. The molecule has 0 bridgehead atoms. The molecule has 1 aliphatic rings. The molecule has 5 nitrogen and oxygen atoms in total. The van der Waals surface area contributed by atoms with E-state index in [1.807, 2.05) is 4.52 Å². The van der Waals surface area contributed by atoms with Crippen molar-refractivity contribution >= 4 is 16.3 Å². The fraction of sp³-hybridized carbons (Fsp3) is 0.700. The summed E-state index contributed by atoms with van der Waals surface area (Å²) in [6.07, 6.45) is 0.879. The van der Waals surface area contributed by atoms with Crippen LogP contribution in [0.4, 0.5) is 0 Å². The first-order chi connectivity index (χ1) is 7.79. The van der Waals surface area contributed by atoms with Crippen molar-refractivity contribution in [3.8, 4) is 0 Å². The summed E-state index contributed by atoms with van der Waals surface area (Å²) in [6, 6.07) is 0. The zero-order valence-corrected chi connectivity index (χ0v) is 10.3. The first-order valence-corrected chi connectivity index (χ1v) is 6.53. The number of aryl methyl sites for hydroxylation is 1. The Bertz CT molecular complexity index is 498. The second-order valence-corrected chi connectivity index (χ2v) is 5.30. The van der Waals surface area contributed by atoms with Crippen LogP contribution in [0.3, 0.4) is 0 Å². The highest BCUT2D eigenvalue weighted by molar-refractivity contribution is 7.16. The molecule has 0 aliphatic carbocycles. The minimum Gasteiger partial charge on any atom is -0.316 e. The van der Waals surface area contributed by atoms with Crippen LogP contribution in [0, 0.1) is 5.92 Å². The van der Waals surface area contributed by atoms with Gasteiger partial charge in [-0.2, -0.15) is 9.61 Å². The maximum atomic E-state index is 4.63. The van der Waals surface area contributed by atoms with E-state index >= 15 is 0 Å². The molecule has 0 spiro atoms. The van der Waals surface area contributed by atoms with Gasteiger partial charge in [-0.15, -0.1) is 10.2 Å². The molecule has 86 valence electrons. The predicted octanol–water partition coefficient (Wildman–Crippen LogP) is 1.07. The molecular formula is C10H15N5S. The van der Waals surface area contributed by atoms with Crippen LogP contribution in [0.1, 0.15) is 30.6 Å². The monoisotopic (exact) mass is 237 g/mol. The van der Waals surface area contributed by atoms with Crippen LogP contribution in [0.15, 0.2) is 0 Å². The van der Waals surface area contributed by atoms with Crippen LogP contribution in [0.25, 0.3) is 4.96 Å². The minimum absolute atomic E-state index is 0.526. The third kappa shape index (κ3) is 1.44. The van der Waals surface area contributed by atoms with Gasteiger partial charge >= 0.3 is 0 Å². The van der Waals surface area contributed by atoms with Gasteiger partial charge in [-0.3, -0.25) is 0 Å². The van der Waals surface area contributed by atoms with Gasteiger partial charge in [0.05, 0.1) is 0 Å². The maximum absolute atomic E-state index is 4.63. The maximum Gasteiger partial charge on any atom is 0.234 e. The molecular weight excluding hydrogens is 222 g/mol. The van der Waals surface area contributed by atoms with Gasteiger partial charge in [0.2, 0.25) is 4.96 Å². The predicted molar refractivity (Wildman–Crippen MR) is 62.8 cm³/mol. The average Bonchev–Trinajstić information content (AvgIpc) is 2.72. The molecule has 2 aromatic rings. The zero-order chi connectivity index (χ0) is 11.1. The topological polar surface area (TPSA) is 55.1 Å². The Hall–Kier alpha value is -1.01. The van der Waals surface area contributed by atoms with Crippen molar-refractivity contribution in [2.45, 2.75) is 26.2 Å². The minimum atomic E-state index is 0.526. The molecule has 1 fully saturated rings. The van der Waals surface area contributed by atoms with Gasteiger partial charge in [-0.25, -0.2) is 0 Å². The fourth-order valence-electron chi connectivity index (χ4n) is 1.94. The van der Waals surface area contributed by atoms with Gasteiger partial charge in [0, 0.05) is 12.3 Å². The molecule has 2 aromatic heterocycles. The van der Waals surface area contributed by atoms with Crippen LogP contribution in [0.5, 0.6) is 0 Å². The molecule has 0 amide bonds. The normalized spacial score (nSPS) is 18.9. The van der Waals surface area contributed by atoms with E-state index in [0.29, 0.717) is 5.92 Å². The summed E-state index contributed by atoms with van der Waals surface area (Å²) < 4.78 is 1.89. The summed E-state index contributed by atoms with van der Waals surface area (Å²) in [5, 5.41) is 17.4. The number of nitrogens with zero attached hydrogens (tertiary/aromatic N) is 4. The smallest absolute Gasteiger partial charge is 0.234 e. The van der Waals surface area contributed by atoms with Gasteiger partial charge in [0.25, 0.3) is 0 Å². The highest BCUT2D eigenvalue weighted by atomic mass is 32.1. The van der Waals surface area contributed by atoms with Crippen LogP contribution in [-0.2, 0) is 6.42 Å². The number of hydrogen-bond donors (Lipinski definition) is 1. The van der Waals surface area contributed by atoms with E-state index in [1.54, 1.807) is 11.3 Å². The van der Waals surface area contributed by atoms with Crippen molar-refractivity contribution in [1.82, 2.24) is 25.1 Å². The lowest BCUT2D eigenvalue weighted by atomic mass is 9.90. The number of fused-ring (bicyclic) bond motifs is 1. The summed E-state index contributed by atoms with van der Waals surface area (Å²) in [4.78, 5) is 0.922. The van der Waals surface area contributed by atoms with Crippen molar-refractivity contribution in [2.75, 3.05) is 13.1 Å². The zero-order valence-electron chi connectivity index (χ0n) is 9.47. The fourth-order valence-corrected chi connectivity index (χ4v) is 2.95. The van der Waals surface area contributed by atoms with Crippen molar-refractivity contribution in [1.29, 1.82) is 0 Å². The SMILES string of the molecule is CCc1nnc2sc(C(C)C3CNC3)nn12. The molecule has 3 heterocycles. The summed E-state index contributed by atoms with van der Waals surface area (Å²) >= 11 is 1.67. The first-order valence-electron chi connectivity index (χ1n) is 5.71. The lowest BCUT2D eigenvalue weighted by Crippen LogP contribution is -2.44. The van der Waals surface area contributed by atoms with E-state index in [0.717, 1.165) is 36.2 Å². The third-order valence-electron chi connectivity index (χ3n) is 3.30. The summed E-state index contributed by atoms with van der Waals surface area (Å²) in [7, 11) is 0. The van der Waals surface area contributed by atoms with Gasteiger partial charge in [-0.1, -0.05) is 25.2 Å². The summed E-state index contributed by atoms with van der Waals surface area (Å²) in [5.74, 6) is 2.21.